The Labute approximate surface area is 124 Å². The van der Waals surface area contributed by atoms with E-state index in [1.807, 2.05) is 12.1 Å². The average molecular weight is 375 g/mol. The fourth-order valence-electron chi connectivity index (χ4n) is 2.58. The molecule has 0 spiro atoms. The largest absolute Gasteiger partial charge is 0.506 e. The maximum atomic E-state index is 9.69. The molecule has 1 aromatic carbocycles. The molecule has 1 aromatic rings. The van der Waals surface area contributed by atoms with Crippen molar-refractivity contribution in [1.29, 1.82) is 0 Å². The van der Waals surface area contributed by atoms with Crippen LogP contribution in [0.5, 0.6) is 5.75 Å². The van der Waals surface area contributed by atoms with Gasteiger partial charge in [0.15, 0.2) is 0 Å². The Morgan fingerprint density at radius 1 is 1.11 bits per heavy atom. The number of benzene rings is 1. The molecule has 3 rings (SSSR count). The summed E-state index contributed by atoms with van der Waals surface area (Å²) < 4.78 is 1.51. The summed E-state index contributed by atoms with van der Waals surface area (Å²) in [6.45, 7) is 0.884. The second-order valence-electron chi connectivity index (χ2n) is 5.49. The molecule has 2 saturated carbocycles. The van der Waals surface area contributed by atoms with E-state index in [9.17, 15) is 5.11 Å². The Bertz CT molecular complexity index is 420. The molecule has 0 atom stereocenters. The highest BCUT2D eigenvalue weighted by molar-refractivity contribution is 9.11. The van der Waals surface area contributed by atoms with Gasteiger partial charge in [-0.2, -0.15) is 0 Å². The summed E-state index contributed by atoms with van der Waals surface area (Å²) in [5, 5.41) is 13.4. The first-order valence-corrected chi connectivity index (χ1v) is 8.14. The van der Waals surface area contributed by atoms with Crippen molar-refractivity contribution < 1.29 is 5.11 Å². The third-order valence-corrected chi connectivity index (χ3v) is 5.09. The Balaban J connectivity index is 1.65. The standard InChI is InChI=1S/C14H17Br2NO/c15-11-5-8(6-12(16)14(11)18)7-17-13(9-1-2-9)10-3-4-10/h5-6,9-10,13,17-18H,1-4,7H2. The van der Waals surface area contributed by atoms with Crippen molar-refractivity contribution in [2.24, 2.45) is 11.8 Å². The molecule has 0 bridgehead atoms. The first-order valence-electron chi connectivity index (χ1n) is 6.55. The van der Waals surface area contributed by atoms with Crippen LogP contribution in [-0.2, 0) is 6.54 Å². The van der Waals surface area contributed by atoms with Crippen LogP contribution in [0.4, 0.5) is 0 Å². The van der Waals surface area contributed by atoms with Crippen LogP contribution >= 0.6 is 31.9 Å². The SMILES string of the molecule is Oc1c(Br)cc(CNC(C2CC2)C2CC2)cc1Br. The molecule has 0 amide bonds. The topological polar surface area (TPSA) is 32.3 Å². The minimum atomic E-state index is 0.277. The molecule has 2 N–H and O–H groups in total. The number of hydrogen-bond acceptors (Lipinski definition) is 2. The van der Waals surface area contributed by atoms with Crippen molar-refractivity contribution in [3.8, 4) is 5.75 Å². The van der Waals surface area contributed by atoms with Gasteiger partial charge in [-0.15, -0.1) is 0 Å². The van der Waals surface area contributed by atoms with Crippen molar-refractivity contribution in [1.82, 2.24) is 5.32 Å². The van der Waals surface area contributed by atoms with Crippen LogP contribution in [0.25, 0.3) is 0 Å². The van der Waals surface area contributed by atoms with E-state index >= 15 is 0 Å². The first kappa shape index (κ1) is 12.9. The fraction of sp³-hybridized carbons (Fsp3) is 0.571. The first-order chi connectivity index (χ1) is 8.65. The fourth-order valence-corrected chi connectivity index (χ4v) is 3.87. The third kappa shape index (κ3) is 2.91. The summed E-state index contributed by atoms with van der Waals surface area (Å²) in [5.41, 5.74) is 1.21. The molecule has 0 saturated heterocycles. The number of phenolic OH excluding ortho intramolecular Hbond substituents is 1. The Morgan fingerprint density at radius 3 is 2.06 bits per heavy atom. The predicted molar refractivity (Wildman–Crippen MR) is 79.6 cm³/mol. The normalized spacial score (nSPS) is 19.5. The lowest BCUT2D eigenvalue weighted by atomic mass is 10.1. The van der Waals surface area contributed by atoms with Crippen LogP contribution in [0, 0.1) is 11.8 Å². The van der Waals surface area contributed by atoms with Gasteiger partial charge in [0.25, 0.3) is 0 Å². The monoisotopic (exact) mass is 373 g/mol. The van der Waals surface area contributed by atoms with Crippen molar-refractivity contribution in [3.63, 3.8) is 0 Å². The van der Waals surface area contributed by atoms with Crippen molar-refractivity contribution in [2.75, 3.05) is 0 Å². The van der Waals surface area contributed by atoms with E-state index in [1.165, 1.54) is 31.2 Å². The van der Waals surface area contributed by atoms with Crippen molar-refractivity contribution in [3.05, 3.63) is 26.6 Å². The number of nitrogens with one attached hydrogen (secondary N) is 1. The zero-order chi connectivity index (χ0) is 12.7. The van der Waals surface area contributed by atoms with E-state index < -0.39 is 0 Å². The highest BCUT2D eigenvalue weighted by Crippen LogP contribution is 2.44. The van der Waals surface area contributed by atoms with Gasteiger partial charge in [-0.3, -0.25) is 0 Å². The van der Waals surface area contributed by atoms with Gasteiger partial charge in [0.05, 0.1) is 8.95 Å². The molecule has 2 aliphatic rings. The molecule has 2 fully saturated rings. The lowest BCUT2D eigenvalue weighted by Gasteiger charge is -2.18. The summed E-state index contributed by atoms with van der Waals surface area (Å²) in [7, 11) is 0. The van der Waals surface area contributed by atoms with E-state index in [0.29, 0.717) is 0 Å². The molecule has 0 aromatic heterocycles. The molecule has 98 valence electrons. The van der Waals surface area contributed by atoms with E-state index in [2.05, 4.69) is 37.2 Å². The van der Waals surface area contributed by atoms with Crippen LogP contribution in [0.1, 0.15) is 31.2 Å². The Hall–Kier alpha value is -0.0600. The van der Waals surface area contributed by atoms with Gasteiger partial charge in [-0.1, -0.05) is 0 Å². The summed E-state index contributed by atoms with van der Waals surface area (Å²) >= 11 is 6.76. The summed E-state index contributed by atoms with van der Waals surface area (Å²) in [4.78, 5) is 0. The minimum Gasteiger partial charge on any atom is -0.506 e. The molecule has 4 heteroatoms. The van der Waals surface area contributed by atoms with Gasteiger partial charge < -0.3 is 10.4 Å². The molecule has 0 radical (unpaired) electrons. The number of rotatable bonds is 5. The zero-order valence-electron chi connectivity index (χ0n) is 10.1. The molecular weight excluding hydrogens is 358 g/mol. The van der Waals surface area contributed by atoms with Crippen LogP contribution in [0.2, 0.25) is 0 Å². The van der Waals surface area contributed by atoms with Gasteiger partial charge in [-0.25, -0.2) is 0 Å². The number of halogens is 2. The molecular formula is C14H17Br2NO. The van der Waals surface area contributed by atoms with Crippen LogP contribution in [0.3, 0.4) is 0 Å². The number of aromatic hydroxyl groups is 1. The molecule has 0 unspecified atom stereocenters. The van der Waals surface area contributed by atoms with E-state index in [4.69, 9.17) is 0 Å². The van der Waals surface area contributed by atoms with Crippen molar-refractivity contribution >= 4 is 31.9 Å². The minimum absolute atomic E-state index is 0.277. The lowest BCUT2D eigenvalue weighted by Crippen LogP contribution is -2.32. The zero-order valence-corrected chi connectivity index (χ0v) is 13.3. The smallest absolute Gasteiger partial charge is 0.143 e. The Morgan fingerprint density at radius 2 is 1.61 bits per heavy atom. The van der Waals surface area contributed by atoms with Gasteiger partial charge in [0.2, 0.25) is 0 Å². The summed E-state index contributed by atoms with van der Waals surface area (Å²) in [6, 6.07) is 4.70. The highest BCUT2D eigenvalue weighted by Gasteiger charge is 2.40. The average Bonchev–Trinajstić information content (AvgIpc) is 3.18. The van der Waals surface area contributed by atoms with E-state index in [-0.39, 0.29) is 5.75 Å². The van der Waals surface area contributed by atoms with Crippen molar-refractivity contribution in [2.45, 2.75) is 38.3 Å². The third-order valence-electron chi connectivity index (χ3n) is 3.88. The predicted octanol–water partition coefficient (Wildman–Crippen LogP) is 4.20. The summed E-state index contributed by atoms with van der Waals surface area (Å²) in [6.07, 6.45) is 5.60. The Kier molecular flexibility index (Phi) is 3.70. The van der Waals surface area contributed by atoms with Gasteiger partial charge >= 0.3 is 0 Å². The van der Waals surface area contributed by atoms with Crippen LogP contribution in [0.15, 0.2) is 21.1 Å². The van der Waals surface area contributed by atoms with Crippen LogP contribution in [-0.4, -0.2) is 11.1 Å². The lowest BCUT2D eigenvalue weighted by molar-refractivity contribution is 0.415. The maximum Gasteiger partial charge on any atom is 0.143 e. The summed E-state index contributed by atoms with van der Waals surface area (Å²) in [5.74, 6) is 2.11. The van der Waals surface area contributed by atoms with Gasteiger partial charge in [0, 0.05) is 12.6 Å². The van der Waals surface area contributed by atoms with E-state index in [0.717, 1.165) is 33.4 Å². The molecule has 0 heterocycles. The number of hydrogen-bond donors (Lipinski definition) is 2. The molecule has 2 aliphatic carbocycles. The second-order valence-corrected chi connectivity index (χ2v) is 7.20. The number of phenols is 1. The second kappa shape index (κ2) is 5.14. The highest BCUT2D eigenvalue weighted by atomic mass is 79.9. The quantitative estimate of drug-likeness (QED) is 0.809. The molecule has 0 aliphatic heterocycles. The van der Waals surface area contributed by atoms with Gasteiger partial charge in [0.1, 0.15) is 5.75 Å². The molecule has 2 nitrogen and oxygen atoms in total. The maximum absolute atomic E-state index is 9.69. The van der Waals surface area contributed by atoms with E-state index in [1.54, 1.807) is 0 Å². The van der Waals surface area contributed by atoms with Gasteiger partial charge in [-0.05, 0) is 87.1 Å². The van der Waals surface area contributed by atoms with Crippen LogP contribution < -0.4 is 5.32 Å². The molecule has 18 heavy (non-hydrogen) atoms.